The van der Waals surface area contributed by atoms with Crippen molar-refractivity contribution in [2.24, 2.45) is 29.1 Å². The molecule has 0 radical (unpaired) electrons. The van der Waals surface area contributed by atoms with E-state index in [1.165, 1.54) is 11.0 Å². The van der Waals surface area contributed by atoms with Crippen molar-refractivity contribution in [2.75, 3.05) is 11.4 Å². The number of carboxylic acid groups (broad SMARTS) is 1. The lowest BCUT2D eigenvalue weighted by Gasteiger charge is -2.49. The normalized spacial score (nSPS) is 31.6. The van der Waals surface area contributed by atoms with Gasteiger partial charge in [-0.05, 0) is 43.9 Å². The Bertz CT molecular complexity index is 1450. The van der Waals surface area contributed by atoms with Crippen LogP contribution in [-0.4, -0.2) is 51.3 Å². The number of phenols is 1. The molecule has 0 aromatic heterocycles. The standard InChI is InChI=1S/C30H28N2O7/c1-30-21(27(37)32(29(30)39)16-7-3-2-4-8-16)15-20-17(25(30)18-9-5-6-10-22(18)33)11-12-19-24(20)28(38)31(26(19)36)14-13-23(34)35/h2-11,19-21,24-25,33H,12-15H2,1H3,(H,34,35)/t19-,20+,21-,24-,25+,30+/m0/s1. The predicted octanol–water partition coefficient (Wildman–Crippen LogP) is 3.10. The van der Waals surface area contributed by atoms with Gasteiger partial charge in [-0.15, -0.1) is 0 Å². The molecule has 4 aliphatic rings. The molecule has 200 valence electrons. The molecule has 39 heavy (non-hydrogen) atoms. The minimum Gasteiger partial charge on any atom is -0.508 e. The van der Waals surface area contributed by atoms with Crippen LogP contribution < -0.4 is 4.90 Å². The van der Waals surface area contributed by atoms with Crippen LogP contribution in [0.4, 0.5) is 5.69 Å². The summed E-state index contributed by atoms with van der Waals surface area (Å²) in [7, 11) is 0. The first-order valence-electron chi connectivity index (χ1n) is 13.1. The van der Waals surface area contributed by atoms with Crippen molar-refractivity contribution in [2.45, 2.75) is 32.1 Å². The van der Waals surface area contributed by atoms with E-state index in [9.17, 15) is 29.1 Å². The molecule has 6 rings (SSSR count). The zero-order valence-electron chi connectivity index (χ0n) is 21.3. The zero-order valence-corrected chi connectivity index (χ0v) is 21.3. The number of amides is 4. The Balaban J connectivity index is 1.48. The molecule has 9 heteroatoms. The van der Waals surface area contributed by atoms with E-state index in [4.69, 9.17) is 5.11 Å². The topological polar surface area (TPSA) is 132 Å². The van der Waals surface area contributed by atoms with Gasteiger partial charge in [-0.25, -0.2) is 4.90 Å². The molecule has 3 fully saturated rings. The molecule has 2 aromatic carbocycles. The molecule has 2 aliphatic carbocycles. The molecule has 6 atom stereocenters. The Hall–Kier alpha value is -4.27. The molecule has 9 nitrogen and oxygen atoms in total. The highest BCUT2D eigenvalue weighted by molar-refractivity contribution is 6.24. The van der Waals surface area contributed by atoms with Crippen molar-refractivity contribution in [1.82, 2.24) is 4.90 Å². The third-order valence-corrected chi connectivity index (χ3v) is 9.18. The zero-order chi connectivity index (χ0) is 27.6. The Morgan fingerprint density at radius 3 is 2.33 bits per heavy atom. The molecule has 2 aromatic rings. The highest BCUT2D eigenvalue weighted by atomic mass is 16.4. The number of fused-ring (bicyclic) bond motifs is 4. The number of benzene rings is 2. The first kappa shape index (κ1) is 25.0. The van der Waals surface area contributed by atoms with Crippen LogP contribution in [0.2, 0.25) is 0 Å². The largest absolute Gasteiger partial charge is 0.508 e. The van der Waals surface area contributed by atoms with Crippen LogP contribution >= 0.6 is 0 Å². The Kier molecular flexibility index (Phi) is 5.71. The first-order chi connectivity index (χ1) is 18.7. The van der Waals surface area contributed by atoms with Gasteiger partial charge in [0.25, 0.3) is 0 Å². The van der Waals surface area contributed by atoms with Gasteiger partial charge in [0.15, 0.2) is 0 Å². The third-order valence-electron chi connectivity index (χ3n) is 9.18. The van der Waals surface area contributed by atoms with E-state index in [1.54, 1.807) is 55.5 Å². The van der Waals surface area contributed by atoms with Crippen LogP contribution in [0.25, 0.3) is 0 Å². The summed E-state index contributed by atoms with van der Waals surface area (Å²) in [5.41, 5.74) is 0.500. The minimum atomic E-state index is -1.23. The van der Waals surface area contributed by atoms with Crippen LogP contribution in [0.5, 0.6) is 5.75 Å². The van der Waals surface area contributed by atoms with Gasteiger partial charge in [-0.3, -0.25) is 28.9 Å². The Morgan fingerprint density at radius 2 is 1.64 bits per heavy atom. The summed E-state index contributed by atoms with van der Waals surface area (Å²) in [6.07, 6.45) is 2.02. The number of aromatic hydroxyl groups is 1. The quantitative estimate of drug-likeness (QED) is 0.450. The number of hydrogen-bond donors (Lipinski definition) is 2. The maximum absolute atomic E-state index is 14.2. The lowest BCUT2D eigenvalue weighted by Crippen LogP contribution is -2.48. The van der Waals surface area contributed by atoms with E-state index < -0.39 is 52.8 Å². The molecule has 2 saturated heterocycles. The number of hydrogen-bond acceptors (Lipinski definition) is 6. The number of carbonyl (C=O) groups is 5. The minimum absolute atomic E-state index is 0.0125. The fourth-order valence-corrected chi connectivity index (χ4v) is 7.41. The van der Waals surface area contributed by atoms with E-state index in [1.807, 2.05) is 6.08 Å². The van der Waals surface area contributed by atoms with Gasteiger partial charge in [0.2, 0.25) is 23.6 Å². The van der Waals surface area contributed by atoms with Gasteiger partial charge < -0.3 is 10.2 Å². The summed E-state index contributed by atoms with van der Waals surface area (Å²) in [6, 6.07) is 15.4. The number of likely N-dealkylation sites (tertiary alicyclic amines) is 1. The molecule has 0 bridgehead atoms. The molecular weight excluding hydrogens is 500 g/mol. The number of phenolic OH excluding ortho intramolecular Hbond substituents is 1. The number of allylic oxidation sites excluding steroid dienone is 2. The van der Waals surface area contributed by atoms with E-state index in [2.05, 4.69) is 0 Å². The number of para-hydroxylation sites is 2. The second kappa shape index (κ2) is 8.90. The number of anilines is 1. The molecule has 1 saturated carbocycles. The molecule has 2 heterocycles. The van der Waals surface area contributed by atoms with Crippen molar-refractivity contribution in [3.8, 4) is 5.75 Å². The van der Waals surface area contributed by atoms with E-state index in [-0.39, 0.29) is 43.4 Å². The first-order valence-corrected chi connectivity index (χ1v) is 13.1. The monoisotopic (exact) mass is 528 g/mol. The van der Waals surface area contributed by atoms with Gasteiger partial charge in [-0.2, -0.15) is 0 Å². The lowest BCUT2D eigenvalue weighted by molar-refractivity contribution is -0.142. The summed E-state index contributed by atoms with van der Waals surface area (Å²) in [5, 5.41) is 20.1. The van der Waals surface area contributed by atoms with Crippen molar-refractivity contribution >= 4 is 35.3 Å². The fraction of sp³-hybridized carbons (Fsp3) is 0.367. The molecule has 0 unspecified atom stereocenters. The van der Waals surface area contributed by atoms with Crippen LogP contribution in [0, 0.1) is 29.1 Å². The van der Waals surface area contributed by atoms with Gasteiger partial charge >= 0.3 is 5.97 Å². The summed E-state index contributed by atoms with van der Waals surface area (Å²) in [6.45, 7) is 1.56. The number of carbonyl (C=O) groups excluding carboxylic acids is 4. The van der Waals surface area contributed by atoms with Crippen molar-refractivity contribution in [1.29, 1.82) is 0 Å². The Labute approximate surface area is 224 Å². The van der Waals surface area contributed by atoms with Crippen molar-refractivity contribution < 1.29 is 34.2 Å². The second-order valence-corrected chi connectivity index (χ2v) is 11.0. The fourth-order valence-electron chi connectivity index (χ4n) is 7.41. The van der Waals surface area contributed by atoms with Crippen molar-refractivity contribution in [3.05, 3.63) is 71.8 Å². The number of rotatable bonds is 5. The molecule has 2 aliphatic heterocycles. The number of carboxylic acids is 1. The van der Waals surface area contributed by atoms with Crippen LogP contribution in [-0.2, 0) is 24.0 Å². The van der Waals surface area contributed by atoms with Gasteiger partial charge in [0.05, 0.1) is 35.3 Å². The maximum Gasteiger partial charge on any atom is 0.305 e. The maximum atomic E-state index is 14.2. The predicted molar refractivity (Wildman–Crippen MR) is 138 cm³/mol. The highest BCUT2D eigenvalue weighted by Gasteiger charge is 2.67. The number of nitrogens with zero attached hydrogens (tertiary/aromatic N) is 2. The van der Waals surface area contributed by atoms with Crippen molar-refractivity contribution in [3.63, 3.8) is 0 Å². The van der Waals surface area contributed by atoms with E-state index in [0.29, 0.717) is 11.3 Å². The summed E-state index contributed by atoms with van der Waals surface area (Å²) < 4.78 is 0. The molecule has 0 spiro atoms. The van der Waals surface area contributed by atoms with Gasteiger partial charge in [0.1, 0.15) is 5.75 Å². The van der Waals surface area contributed by atoms with E-state index in [0.717, 1.165) is 10.5 Å². The average molecular weight is 529 g/mol. The van der Waals surface area contributed by atoms with Gasteiger partial charge in [0, 0.05) is 18.0 Å². The lowest BCUT2D eigenvalue weighted by atomic mass is 9.51. The number of aliphatic carboxylic acids is 1. The third kappa shape index (κ3) is 3.48. The summed E-state index contributed by atoms with van der Waals surface area (Å²) in [4.78, 5) is 68.4. The van der Waals surface area contributed by atoms with Gasteiger partial charge in [-0.1, -0.05) is 48.0 Å². The molecule has 2 N–H and O–H groups in total. The second-order valence-electron chi connectivity index (χ2n) is 11.0. The number of imide groups is 2. The highest BCUT2D eigenvalue weighted by Crippen LogP contribution is 2.64. The smallest absolute Gasteiger partial charge is 0.305 e. The van der Waals surface area contributed by atoms with Crippen LogP contribution in [0.3, 0.4) is 0 Å². The SMILES string of the molecule is C[C@@]12C(=O)N(c3ccccc3)C(=O)[C@@H]1C[C@@H]1C(=CC[C@@H]3C(=O)N(CCC(=O)O)C(=O)[C@@H]31)[C@@H]2c1ccccc1O. The average Bonchev–Trinajstić information content (AvgIpc) is 3.28. The van der Waals surface area contributed by atoms with E-state index >= 15 is 0 Å². The molecular formula is C30H28N2O7. The Morgan fingerprint density at radius 1 is 0.949 bits per heavy atom. The molecule has 4 amide bonds. The van der Waals surface area contributed by atoms with Crippen LogP contribution in [0.1, 0.15) is 37.7 Å². The summed E-state index contributed by atoms with van der Waals surface area (Å²) >= 11 is 0. The summed E-state index contributed by atoms with van der Waals surface area (Å²) in [5.74, 6) is -6.06. The van der Waals surface area contributed by atoms with Crippen LogP contribution in [0.15, 0.2) is 66.2 Å².